The van der Waals surface area contributed by atoms with Crippen LogP contribution in [0.2, 0.25) is 0 Å². The zero-order valence-electron chi connectivity index (χ0n) is 12.3. The molecule has 5 nitrogen and oxygen atoms in total. The van der Waals surface area contributed by atoms with Crippen molar-refractivity contribution in [2.45, 2.75) is 45.1 Å². The van der Waals surface area contributed by atoms with Crippen molar-refractivity contribution in [3.8, 4) is 5.75 Å². The minimum absolute atomic E-state index is 0.254. The molecule has 3 rings (SSSR count). The van der Waals surface area contributed by atoms with E-state index in [1.807, 2.05) is 18.2 Å². The number of benzene rings is 1. The van der Waals surface area contributed by atoms with E-state index in [9.17, 15) is 0 Å². The summed E-state index contributed by atoms with van der Waals surface area (Å²) < 4.78 is 10.9. The van der Waals surface area contributed by atoms with Crippen molar-refractivity contribution < 1.29 is 9.26 Å². The lowest BCUT2D eigenvalue weighted by Gasteiger charge is -2.23. The minimum atomic E-state index is 0.254. The first-order valence-electron chi connectivity index (χ1n) is 7.52. The molecule has 1 aromatic heterocycles. The van der Waals surface area contributed by atoms with Crippen LogP contribution in [-0.2, 0) is 6.61 Å². The summed E-state index contributed by atoms with van der Waals surface area (Å²) in [5.41, 5.74) is 6.44. The fraction of sp³-hybridized carbons (Fsp3) is 0.500. The molecule has 0 spiro atoms. The van der Waals surface area contributed by atoms with Crippen LogP contribution in [0, 0.1) is 5.92 Å². The van der Waals surface area contributed by atoms with E-state index in [1.54, 1.807) is 6.07 Å². The summed E-state index contributed by atoms with van der Waals surface area (Å²) in [5, 5.41) is 4.10. The van der Waals surface area contributed by atoms with Crippen molar-refractivity contribution >= 4 is 5.69 Å². The topological polar surface area (TPSA) is 74.2 Å². The van der Waals surface area contributed by atoms with Crippen molar-refractivity contribution in [2.75, 3.05) is 5.73 Å². The number of anilines is 1. The van der Waals surface area contributed by atoms with Crippen LogP contribution < -0.4 is 10.5 Å². The van der Waals surface area contributed by atoms with Gasteiger partial charge in [0.05, 0.1) is 5.69 Å². The van der Waals surface area contributed by atoms with Crippen LogP contribution in [0.3, 0.4) is 0 Å². The Morgan fingerprint density at radius 3 is 2.76 bits per heavy atom. The number of nitrogens with zero attached hydrogens (tertiary/aromatic N) is 2. The Morgan fingerprint density at radius 1 is 1.24 bits per heavy atom. The Hall–Kier alpha value is -2.04. The summed E-state index contributed by atoms with van der Waals surface area (Å²) >= 11 is 0. The fourth-order valence-corrected chi connectivity index (χ4v) is 2.76. The first-order valence-corrected chi connectivity index (χ1v) is 7.52. The summed E-state index contributed by atoms with van der Waals surface area (Å²) in [6.07, 6.45) is 4.77. The Kier molecular flexibility index (Phi) is 4.08. The molecule has 1 heterocycles. The number of nitrogen functional groups attached to an aromatic ring is 1. The highest BCUT2D eigenvalue weighted by atomic mass is 16.5. The predicted octanol–water partition coefficient (Wildman–Crippen LogP) is 3.52. The van der Waals surface area contributed by atoms with Gasteiger partial charge in [-0.2, -0.15) is 4.98 Å². The monoisotopic (exact) mass is 287 g/mol. The smallest absolute Gasteiger partial charge is 0.264 e. The number of hydrogen-bond donors (Lipinski definition) is 1. The van der Waals surface area contributed by atoms with Crippen molar-refractivity contribution in [1.29, 1.82) is 0 Å². The second-order valence-electron chi connectivity index (χ2n) is 5.83. The summed E-state index contributed by atoms with van der Waals surface area (Å²) in [6.45, 7) is 2.56. The molecule has 0 unspecified atom stereocenters. The van der Waals surface area contributed by atoms with Crippen LogP contribution in [0.4, 0.5) is 5.69 Å². The van der Waals surface area contributed by atoms with Crippen LogP contribution in [-0.4, -0.2) is 10.1 Å². The molecule has 0 aliphatic heterocycles. The second kappa shape index (κ2) is 6.16. The van der Waals surface area contributed by atoms with Crippen LogP contribution in [0.15, 0.2) is 28.8 Å². The molecule has 112 valence electrons. The molecule has 2 aromatic rings. The van der Waals surface area contributed by atoms with Gasteiger partial charge in [-0.05, 0) is 30.9 Å². The number of aromatic nitrogens is 2. The maximum atomic E-state index is 5.83. The molecule has 0 saturated heterocycles. The molecule has 2 N–H and O–H groups in total. The zero-order valence-corrected chi connectivity index (χ0v) is 12.3. The average molecular weight is 287 g/mol. The number of rotatable bonds is 4. The first-order chi connectivity index (χ1) is 10.2. The Balaban J connectivity index is 1.59. The molecule has 1 aromatic carbocycles. The van der Waals surface area contributed by atoms with Gasteiger partial charge in [0.2, 0.25) is 0 Å². The number of para-hydroxylation sites is 2. The Labute approximate surface area is 124 Å². The van der Waals surface area contributed by atoms with Gasteiger partial charge < -0.3 is 15.0 Å². The van der Waals surface area contributed by atoms with Gasteiger partial charge in [-0.3, -0.25) is 0 Å². The molecule has 1 saturated carbocycles. The molecular weight excluding hydrogens is 266 g/mol. The van der Waals surface area contributed by atoms with E-state index in [4.69, 9.17) is 15.0 Å². The Morgan fingerprint density at radius 2 is 2.00 bits per heavy atom. The molecule has 1 aliphatic rings. The molecule has 1 aliphatic carbocycles. The van der Waals surface area contributed by atoms with E-state index in [1.165, 1.54) is 12.8 Å². The minimum Gasteiger partial charge on any atom is -0.482 e. The second-order valence-corrected chi connectivity index (χ2v) is 5.83. The molecule has 0 atom stereocenters. The van der Waals surface area contributed by atoms with Crippen molar-refractivity contribution in [3.63, 3.8) is 0 Å². The summed E-state index contributed by atoms with van der Waals surface area (Å²) in [5.74, 6) is 3.22. The standard InChI is InChI=1S/C16H21N3O2/c1-11-6-8-12(9-7-11)16-18-15(21-19-16)10-20-14-5-3-2-4-13(14)17/h2-5,11-12H,6-10,17H2,1H3. The molecular formula is C16H21N3O2. The largest absolute Gasteiger partial charge is 0.482 e. The molecule has 5 heteroatoms. The van der Waals surface area contributed by atoms with Crippen LogP contribution >= 0.6 is 0 Å². The quantitative estimate of drug-likeness (QED) is 0.871. The van der Waals surface area contributed by atoms with E-state index in [0.717, 1.165) is 24.6 Å². The average Bonchev–Trinajstić information content (AvgIpc) is 2.96. The highest BCUT2D eigenvalue weighted by molar-refractivity contribution is 5.51. The van der Waals surface area contributed by atoms with E-state index in [-0.39, 0.29) is 6.61 Å². The van der Waals surface area contributed by atoms with Gasteiger partial charge in [0, 0.05) is 5.92 Å². The summed E-state index contributed by atoms with van der Waals surface area (Å²) in [6, 6.07) is 7.39. The highest BCUT2D eigenvalue weighted by Crippen LogP contribution is 2.34. The van der Waals surface area contributed by atoms with Crippen LogP contribution in [0.1, 0.15) is 50.2 Å². The number of nitrogens with two attached hydrogens (primary N) is 1. The lowest BCUT2D eigenvalue weighted by Crippen LogP contribution is -2.12. The normalized spacial score (nSPS) is 22.1. The van der Waals surface area contributed by atoms with Crippen molar-refractivity contribution in [2.24, 2.45) is 5.92 Å². The maximum absolute atomic E-state index is 5.83. The summed E-state index contributed by atoms with van der Waals surface area (Å²) in [7, 11) is 0. The van der Waals surface area contributed by atoms with E-state index >= 15 is 0 Å². The number of ether oxygens (including phenoxy) is 1. The highest BCUT2D eigenvalue weighted by Gasteiger charge is 2.24. The third-order valence-corrected chi connectivity index (χ3v) is 4.13. The van der Waals surface area contributed by atoms with E-state index in [0.29, 0.717) is 23.2 Å². The van der Waals surface area contributed by atoms with Gasteiger partial charge in [-0.1, -0.05) is 37.1 Å². The lowest BCUT2D eigenvalue weighted by molar-refractivity contribution is 0.242. The van der Waals surface area contributed by atoms with Gasteiger partial charge in [-0.15, -0.1) is 0 Å². The zero-order chi connectivity index (χ0) is 14.7. The van der Waals surface area contributed by atoms with Gasteiger partial charge in [-0.25, -0.2) is 0 Å². The van der Waals surface area contributed by atoms with Gasteiger partial charge >= 0.3 is 0 Å². The SMILES string of the molecule is CC1CCC(c2noc(COc3ccccc3N)n2)CC1. The fourth-order valence-electron chi connectivity index (χ4n) is 2.76. The van der Waals surface area contributed by atoms with Gasteiger partial charge in [0.25, 0.3) is 5.89 Å². The van der Waals surface area contributed by atoms with Crippen molar-refractivity contribution in [3.05, 3.63) is 36.0 Å². The van der Waals surface area contributed by atoms with Crippen LogP contribution in [0.5, 0.6) is 5.75 Å². The molecule has 0 radical (unpaired) electrons. The Bertz CT molecular complexity index is 589. The molecule has 0 bridgehead atoms. The maximum Gasteiger partial charge on any atom is 0.264 e. The molecule has 0 amide bonds. The predicted molar refractivity (Wildman–Crippen MR) is 79.9 cm³/mol. The first kappa shape index (κ1) is 13.9. The van der Waals surface area contributed by atoms with Crippen molar-refractivity contribution in [1.82, 2.24) is 10.1 Å². The molecule has 1 fully saturated rings. The lowest BCUT2D eigenvalue weighted by atomic mass is 9.83. The third-order valence-electron chi connectivity index (χ3n) is 4.13. The summed E-state index contributed by atoms with van der Waals surface area (Å²) in [4.78, 5) is 4.46. The molecule has 21 heavy (non-hydrogen) atoms. The van der Waals surface area contributed by atoms with Crippen LogP contribution in [0.25, 0.3) is 0 Å². The van der Waals surface area contributed by atoms with Gasteiger partial charge in [0.1, 0.15) is 5.75 Å². The third kappa shape index (κ3) is 3.35. The van der Waals surface area contributed by atoms with Gasteiger partial charge in [0.15, 0.2) is 12.4 Å². The van der Waals surface area contributed by atoms with E-state index < -0.39 is 0 Å². The van der Waals surface area contributed by atoms with E-state index in [2.05, 4.69) is 17.1 Å². The number of hydrogen-bond acceptors (Lipinski definition) is 5.